The smallest absolute Gasteiger partial charge is 0.314 e. The van der Waals surface area contributed by atoms with E-state index in [9.17, 15) is 4.79 Å². The van der Waals surface area contributed by atoms with Gasteiger partial charge in [-0.3, -0.25) is 4.79 Å². The molecule has 0 amide bonds. The van der Waals surface area contributed by atoms with E-state index < -0.39 is 0 Å². The third-order valence-electron chi connectivity index (χ3n) is 2.53. The maximum absolute atomic E-state index is 11.8. The summed E-state index contributed by atoms with van der Waals surface area (Å²) in [7, 11) is 0. The number of halogens is 1. The summed E-state index contributed by atoms with van der Waals surface area (Å²) in [6.45, 7) is 2.80. The molecule has 0 aliphatic carbocycles. The Morgan fingerprint density at radius 3 is 2.59 bits per heavy atom. The van der Waals surface area contributed by atoms with Crippen LogP contribution in [0.25, 0.3) is 0 Å². The van der Waals surface area contributed by atoms with E-state index in [1.54, 1.807) is 0 Å². The lowest BCUT2D eigenvalue weighted by atomic mass is 10.00. The quantitative estimate of drug-likeness (QED) is 0.649. The number of ether oxygens (including phenoxy) is 1. The van der Waals surface area contributed by atoms with Crippen molar-refractivity contribution < 1.29 is 9.53 Å². The maximum Gasteiger partial charge on any atom is 0.314 e. The van der Waals surface area contributed by atoms with Crippen LogP contribution in [0.1, 0.15) is 31.2 Å². The highest BCUT2D eigenvalue weighted by atomic mass is 79.9. The van der Waals surface area contributed by atoms with E-state index in [4.69, 9.17) is 10.5 Å². The third kappa shape index (κ3) is 4.48. The van der Waals surface area contributed by atoms with Crippen molar-refractivity contribution in [2.45, 2.75) is 25.7 Å². The fraction of sp³-hybridized carbons (Fsp3) is 0.462. The van der Waals surface area contributed by atoms with Crippen molar-refractivity contribution in [3.8, 4) is 0 Å². The second-order valence-electron chi connectivity index (χ2n) is 3.86. The highest BCUT2D eigenvalue weighted by molar-refractivity contribution is 9.10. The van der Waals surface area contributed by atoms with Crippen LogP contribution in [0.4, 0.5) is 0 Å². The van der Waals surface area contributed by atoms with E-state index in [0.29, 0.717) is 6.61 Å². The van der Waals surface area contributed by atoms with Crippen molar-refractivity contribution in [3.05, 3.63) is 34.3 Å². The molecule has 94 valence electrons. The molecule has 3 nitrogen and oxygen atoms in total. The first-order chi connectivity index (χ1) is 8.19. The molecule has 0 aliphatic heterocycles. The highest BCUT2D eigenvalue weighted by Crippen LogP contribution is 2.19. The predicted molar refractivity (Wildman–Crippen MR) is 71.8 cm³/mol. The zero-order valence-corrected chi connectivity index (χ0v) is 11.6. The summed E-state index contributed by atoms with van der Waals surface area (Å²) in [5.74, 6) is -0.594. The molecular weight excluding hydrogens is 282 g/mol. The van der Waals surface area contributed by atoms with Crippen molar-refractivity contribution in [1.29, 1.82) is 0 Å². The number of hydrogen-bond donors (Lipinski definition) is 1. The second kappa shape index (κ2) is 7.45. The molecule has 0 radical (unpaired) electrons. The topological polar surface area (TPSA) is 52.3 Å². The summed E-state index contributed by atoms with van der Waals surface area (Å²) in [4.78, 5) is 11.8. The molecule has 0 spiro atoms. The zero-order chi connectivity index (χ0) is 12.7. The Labute approximate surface area is 110 Å². The Balaban J connectivity index is 2.64. The van der Waals surface area contributed by atoms with E-state index in [0.717, 1.165) is 22.9 Å². The van der Waals surface area contributed by atoms with E-state index in [1.165, 1.54) is 0 Å². The molecule has 1 unspecified atom stereocenters. The molecule has 0 fully saturated rings. The van der Waals surface area contributed by atoms with Crippen LogP contribution in [-0.2, 0) is 9.53 Å². The van der Waals surface area contributed by atoms with Crippen LogP contribution in [0, 0.1) is 0 Å². The largest absolute Gasteiger partial charge is 0.465 e. The number of benzene rings is 1. The summed E-state index contributed by atoms with van der Waals surface area (Å²) in [5, 5.41) is 0. The highest BCUT2D eigenvalue weighted by Gasteiger charge is 2.20. The van der Waals surface area contributed by atoms with E-state index in [2.05, 4.69) is 22.9 Å². The minimum Gasteiger partial charge on any atom is -0.465 e. The molecule has 0 saturated carbocycles. The summed E-state index contributed by atoms with van der Waals surface area (Å²) in [6.07, 6.45) is 1.90. The van der Waals surface area contributed by atoms with Crippen LogP contribution in [-0.4, -0.2) is 19.1 Å². The predicted octanol–water partition coefficient (Wildman–Crippen LogP) is 2.83. The first-order valence-electron chi connectivity index (χ1n) is 5.81. The van der Waals surface area contributed by atoms with Gasteiger partial charge in [0.1, 0.15) is 0 Å². The average molecular weight is 300 g/mol. The summed E-state index contributed by atoms with van der Waals surface area (Å²) < 4.78 is 6.17. The molecule has 4 heteroatoms. The Kier molecular flexibility index (Phi) is 6.22. The number of nitrogens with two attached hydrogens (primary N) is 1. The first-order valence-corrected chi connectivity index (χ1v) is 6.60. The van der Waals surface area contributed by atoms with Crippen LogP contribution in [0.15, 0.2) is 28.7 Å². The Morgan fingerprint density at radius 2 is 2.06 bits per heavy atom. The van der Waals surface area contributed by atoms with E-state index >= 15 is 0 Å². The third-order valence-corrected chi connectivity index (χ3v) is 3.06. The van der Waals surface area contributed by atoms with Gasteiger partial charge in [0, 0.05) is 11.0 Å². The first kappa shape index (κ1) is 14.2. The van der Waals surface area contributed by atoms with Gasteiger partial charge in [0.2, 0.25) is 0 Å². The Morgan fingerprint density at radius 1 is 1.41 bits per heavy atom. The molecule has 0 heterocycles. The summed E-state index contributed by atoms with van der Waals surface area (Å²) in [5.41, 5.74) is 6.54. The van der Waals surface area contributed by atoms with Gasteiger partial charge in [0.15, 0.2) is 0 Å². The molecule has 0 saturated heterocycles. The Bertz CT molecular complexity index is 351. The van der Waals surface area contributed by atoms with Gasteiger partial charge in [0.25, 0.3) is 0 Å². The molecule has 0 aromatic heterocycles. The van der Waals surface area contributed by atoms with Gasteiger partial charge in [-0.2, -0.15) is 0 Å². The molecule has 0 aliphatic rings. The van der Waals surface area contributed by atoms with Crippen LogP contribution in [0.2, 0.25) is 0 Å². The normalized spacial score (nSPS) is 12.2. The molecular formula is C13H18BrNO2. The number of carbonyl (C=O) groups excluding carboxylic acids is 1. The zero-order valence-electron chi connectivity index (χ0n) is 9.99. The molecule has 17 heavy (non-hydrogen) atoms. The minimum atomic E-state index is -0.361. The van der Waals surface area contributed by atoms with Crippen LogP contribution >= 0.6 is 15.9 Å². The molecule has 1 rings (SSSR count). The van der Waals surface area contributed by atoms with Crippen molar-refractivity contribution >= 4 is 21.9 Å². The van der Waals surface area contributed by atoms with Gasteiger partial charge < -0.3 is 10.5 Å². The molecule has 1 atom stereocenters. The number of unbranched alkanes of at least 4 members (excludes halogenated alkanes) is 1. The fourth-order valence-electron chi connectivity index (χ4n) is 1.48. The van der Waals surface area contributed by atoms with Crippen LogP contribution in [0.5, 0.6) is 0 Å². The van der Waals surface area contributed by atoms with Gasteiger partial charge >= 0.3 is 5.97 Å². The molecule has 2 N–H and O–H groups in total. The lowest BCUT2D eigenvalue weighted by Crippen LogP contribution is -2.24. The van der Waals surface area contributed by atoms with Gasteiger partial charge in [0.05, 0.1) is 12.5 Å². The fourth-order valence-corrected chi connectivity index (χ4v) is 1.75. The van der Waals surface area contributed by atoms with Gasteiger partial charge in [-0.25, -0.2) is 0 Å². The second-order valence-corrected chi connectivity index (χ2v) is 4.78. The van der Waals surface area contributed by atoms with Crippen LogP contribution in [0.3, 0.4) is 0 Å². The molecule has 1 aromatic rings. The Hall–Kier alpha value is -0.870. The minimum absolute atomic E-state index is 0.233. The average Bonchev–Trinajstić information content (AvgIpc) is 2.33. The van der Waals surface area contributed by atoms with Gasteiger partial charge in [-0.1, -0.05) is 41.4 Å². The SMILES string of the molecule is CCCCOC(=O)C(CN)c1ccc(Br)cc1. The van der Waals surface area contributed by atoms with Gasteiger partial charge in [-0.05, 0) is 24.1 Å². The van der Waals surface area contributed by atoms with Crippen LogP contribution < -0.4 is 5.73 Å². The summed E-state index contributed by atoms with van der Waals surface area (Å²) >= 11 is 3.36. The van der Waals surface area contributed by atoms with Crippen molar-refractivity contribution in [1.82, 2.24) is 0 Å². The van der Waals surface area contributed by atoms with Crippen molar-refractivity contribution in [2.75, 3.05) is 13.2 Å². The number of rotatable bonds is 6. The molecule has 0 bridgehead atoms. The number of carbonyl (C=O) groups is 1. The van der Waals surface area contributed by atoms with Gasteiger partial charge in [-0.15, -0.1) is 0 Å². The summed E-state index contributed by atoms with van der Waals surface area (Å²) in [6, 6.07) is 7.58. The van der Waals surface area contributed by atoms with E-state index in [-0.39, 0.29) is 18.4 Å². The monoisotopic (exact) mass is 299 g/mol. The number of esters is 1. The molecule has 1 aromatic carbocycles. The lowest BCUT2D eigenvalue weighted by Gasteiger charge is -2.14. The van der Waals surface area contributed by atoms with Crippen molar-refractivity contribution in [2.24, 2.45) is 5.73 Å². The number of hydrogen-bond acceptors (Lipinski definition) is 3. The standard InChI is InChI=1S/C13H18BrNO2/c1-2-3-8-17-13(16)12(9-15)10-4-6-11(14)7-5-10/h4-7,12H,2-3,8-9,15H2,1H3. The van der Waals surface area contributed by atoms with E-state index in [1.807, 2.05) is 24.3 Å². The lowest BCUT2D eigenvalue weighted by molar-refractivity contribution is -0.145. The van der Waals surface area contributed by atoms with Crippen molar-refractivity contribution in [3.63, 3.8) is 0 Å². The maximum atomic E-state index is 11.8.